The van der Waals surface area contributed by atoms with E-state index < -0.39 is 5.60 Å². The van der Waals surface area contributed by atoms with Crippen LogP contribution in [0.1, 0.15) is 78.1 Å². The van der Waals surface area contributed by atoms with E-state index in [0.717, 1.165) is 56.3 Å². The number of aliphatic hydroxyl groups is 1. The third kappa shape index (κ3) is 3.54. The zero-order valence-corrected chi connectivity index (χ0v) is 20.5. The Hall–Kier alpha value is -1.82. The average molecular weight is 468 g/mol. The molecule has 0 bridgehead atoms. The molecular formula is C28H38FN3O2. The molecule has 1 heterocycles. The molecule has 5 nitrogen and oxygen atoms in total. The van der Waals surface area contributed by atoms with Crippen molar-refractivity contribution in [3.63, 3.8) is 0 Å². The van der Waals surface area contributed by atoms with Crippen LogP contribution in [0.2, 0.25) is 0 Å². The van der Waals surface area contributed by atoms with E-state index in [1.165, 1.54) is 42.6 Å². The van der Waals surface area contributed by atoms with Gasteiger partial charge in [-0.05, 0) is 111 Å². The standard InChI is InChI=1S/C28H38FN3O2/c1-3-28(34)13-11-19-17(15-28)4-6-21-20(19)10-12-27(2)22(21)7-8-23(27)26(33)16-32-30-24-9-5-18(29)14-25(24)31-32/h5,9,14,17,19-23,34H,3-4,6-8,10-13,15-16H2,1-2H3/t17-,19+,20-,21?,22+,23-,27+,28-/m1/s1. The third-order valence-electron chi connectivity index (χ3n) is 10.8. The van der Waals surface area contributed by atoms with Gasteiger partial charge >= 0.3 is 0 Å². The van der Waals surface area contributed by atoms with Crippen LogP contribution in [0.15, 0.2) is 18.2 Å². The second-order valence-corrected chi connectivity index (χ2v) is 12.3. The van der Waals surface area contributed by atoms with Crippen LogP contribution in [-0.2, 0) is 11.3 Å². The Labute approximate surface area is 201 Å². The number of benzene rings is 1. The van der Waals surface area contributed by atoms with E-state index in [2.05, 4.69) is 24.0 Å². The highest BCUT2D eigenvalue weighted by atomic mass is 19.1. The highest BCUT2D eigenvalue weighted by Crippen LogP contribution is 2.64. The molecule has 1 aromatic heterocycles. The maximum atomic E-state index is 13.5. The molecule has 4 aliphatic carbocycles. The summed E-state index contributed by atoms with van der Waals surface area (Å²) in [5.41, 5.74) is 0.773. The van der Waals surface area contributed by atoms with Crippen molar-refractivity contribution in [2.75, 3.05) is 0 Å². The summed E-state index contributed by atoms with van der Waals surface area (Å²) in [6.45, 7) is 4.69. The van der Waals surface area contributed by atoms with Crippen LogP contribution in [0, 0.1) is 46.7 Å². The Bertz CT molecular complexity index is 1100. The van der Waals surface area contributed by atoms with Gasteiger partial charge in [0.25, 0.3) is 0 Å². The summed E-state index contributed by atoms with van der Waals surface area (Å²) in [5.74, 6) is 3.58. The minimum absolute atomic E-state index is 0.0681. The maximum Gasteiger partial charge on any atom is 0.159 e. The van der Waals surface area contributed by atoms with Gasteiger partial charge in [0, 0.05) is 12.0 Å². The van der Waals surface area contributed by atoms with Crippen LogP contribution in [0.4, 0.5) is 4.39 Å². The molecule has 0 amide bonds. The molecule has 0 saturated heterocycles. The van der Waals surface area contributed by atoms with Gasteiger partial charge in [0.2, 0.25) is 0 Å². The van der Waals surface area contributed by atoms with Crippen LogP contribution in [0.25, 0.3) is 11.0 Å². The quantitative estimate of drug-likeness (QED) is 0.640. The molecule has 0 aliphatic heterocycles. The number of nitrogens with zero attached hydrogens (tertiary/aromatic N) is 3. The molecule has 2 aromatic rings. The lowest BCUT2D eigenvalue weighted by Crippen LogP contribution is -2.51. The summed E-state index contributed by atoms with van der Waals surface area (Å²) in [6, 6.07) is 4.38. The third-order valence-corrected chi connectivity index (χ3v) is 10.8. The van der Waals surface area contributed by atoms with Crippen molar-refractivity contribution in [1.82, 2.24) is 15.0 Å². The predicted octanol–water partition coefficient (Wildman–Crippen LogP) is 5.55. The molecule has 1 aromatic carbocycles. The van der Waals surface area contributed by atoms with E-state index in [4.69, 9.17) is 0 Å². The maximum absolute atomic E-state index is 13.5. The number of aromatic nitrogens is 3. The summed E-state index contributed by atoms with van der Waals surface area (Å²) in [6.07, 6.45) is 11.0. The molecule has 0 spiro atoms. The van der Waals surface area contributed by atoms with Crippen molar-refractivity contribution in [3.8, 4) is 0 Å². The van der Waals surface area contributed by atoms with Gasteiger partial charge < -0.3 is 5.11 Å². The Morgan fingerprint density at radius 1 is 1.06 bits per heavy atom. The second-order valence-electron chi connectivity index (χ2n) is 12.3. The lowest BCUT2D eigenvalue weighted by Gasteiger charge is -2.57. The smallest absolute Gasteiger partial charge is 0.159 e. The molecule has 0 radical (unpaired) electrons. The van der Waals surface area contributed by atoms with Crippen LogP contribution in [0.3, 0.4) is 0 Å². The molecule has 8 atom stereocenters. The first-order valence-electron chi connectivity index (χ1n) is 13.6. The van der Waals surface area contributed by atoms with Gasteiger partial charge in [0.15, 0.2) is 5.78 Å². The first kappa shape index (κ1) is 22.6. The Morgan fingerprint density at radius 3 is 2.68 bits per heavy atom. The topological polar surface area (TPSA) is 68.0 Å². The summed E-state index contributed by atoms with van der Waals surface area (Å²) in [7, 11) is 0. The number of hydrogen-bond acceptors (Lipinski definition) is 4. The lowest BCUT2D eigenvalue weighted by atomic mass is 9.48. The number of carbonyl (C=O) groups is 1. The van der Waals surface area contributed by atoms with Crippen molar-refractivity contribution in [2.24, 2.45) is 40.9 Å². The van der Waals surface area contributed by atoms with Crippen molar-refractivity contribution in [3.05, 3.63) is 24.0 Å². The van der Waals surface area contributed by atoms with Gasteiger partial charge in [-0.25, -0.2) is 4.39 Å². The fraction of sp³-hybridized carbons (Fsp3) is 0.750. The molecule has 1 N–H and O–H groups in total. The summed E-state index contributed by atoms with van der Waals surface area (Å²) in [4.78, 5) is 15.0. The van der Waals surface area contributed by atoms with E-state index in [9.17, 15) is 14.3 Å². The predicted molar refractivity (Wildman–Crippen MR) is 128 cm³/mol. The van der Waals surface area contributed by atoms with Crippen molar-refractivity contribution in [2.45, 2.75) is 90.2 Å². The highest BCUT2D eigenvalue weighted by Gasteiger charge is 2.58. The zero-order valence-electron chi connectivity index (χ0n) is 20.5. The van der Waals surface area contributed by atoms with Crippen LogP contribution >= 0.6 is 0 Å². The first-order chi connectivity index (χ1) is 16.3. The zero-order chi connectivity index (χ0) is 23.7. The first-order valence-corrected chi connectivity index (χ1v) is 13.6. The van der Waals surface area contributed by atoms with E-state index in [0.29, 0.717) is 22.9 Å². The minimum Gasteiger partial charge on any atom is -0.390 e. The number of fused-ring (bicyclic) bond motifs is 6. The summed E-state index contributed by atoms with van der Waals surface area (Å²) < 4.78 is 13.5. The Morgan fingerprint density at radius 2 is 1.85 bits per heavy atom. The van der Waals surface area contributed by atoms with E-state index in [1.54, 1.807) is 6.07 Å². The number of ketones is 1. The average Bonchev–Trinajstić information content (AvgIpc) is 3.38. The lowest BCUT2D eigenvalue weighted by molar-refractivity contribution is -0.133. The van der Waals surface area contributed by atoms with Crippen molar-refractivity contribution >= 4 is 16.8 Å². The molecule has 184 valence electrons. The number of halogens is 1. The molecule has 4 aliphatic rings. The molecule has 4 saturated carbocycles. The second kappa shape index (κ2) is 8.11. The van der Waals surface area contributed by atoms with Crippen molar-refractivity contribution < 1.29 is 14.3 Å². The molecule has 6 heteroatoms. The Kier molecular flexibility index (Phi) is 5.40. The number of hydrogen-bond donors (Lipinski definition) is 1. The van der Waals surface area contributed by atoms with E-state index in [-0.39, 0.29) is 29.5 Å². The van der Waals surface area contributed by atoms with Gasteiger partial charge in [0.05, 0.1) is 5.60 Å². The molecule has 34 heavy (non-hydrogen) atoms. The molecule has 6 rings (SSSR count). The van der Waals surface area contributed by atoms with Gasteiger partial charge in [-0.1, -0.05) is 13.8 Å². The van der Waals surface area contributed by atoms with Crippen LogP contribution in [0.5, 0.6) is 0 Å². The minimum atomic E-state index is -0.431. The molecule has 4 fully saturated rings. The Balaban J connectivity index is 1.17. The van der Waals surface area contributed by atoms with Crippen molar-refractivity contribution in [1.29, 1.82) is 0 Å². The van der Waals surface area contributed by atoms with Gasteiger partial charge in [-0.3, -0.25) is 4.79 Å². The fourth-order valence-corrected chi connectivity index (χ4v) is 9.07. The monoisotopic (exact) mass is 467 g/mol. The largest absolute Gasteiger partial charge is 0.390 e. The normalized spacial score (nSPS) is 41.6. The molecular weight excluding hydrogens is 429 g/mol. The van der Waals surface area contributed by atoms with E-state index in [1.807, 2.05) is 0 Å². The van der Waals surface area contributed by atoms with Crippen LogP contribution in [-0.4, -0.2) is 31.5 Å². The van der Waals surface area contributed by atoms with Crippen LogP contribution < -0.4 is 0 Å². The number of rotatable bonds is 4. The highest BCUT2D eigenvalue weighted by molar-refractivity contribution is 5.82. The summed E-state index contributed by atoms with van der Waals surface area (Å²) in [5, 5.41) is 19.7. The molecule has 1 unspecified atom stereocenters. The van der Waals surface area contributed by atoms with E-state index >= 15 is 0 Å². The van der Waals surface area contributed by atoms with Gasteiger partial charge in [-0.15, -0.1) is 0 Å². The fourth-order valence-electron chi connectivity index (χ4n) is 9.07. The van der Waals surface area contributed by atoms with Gasteiger partial charge in [0.1, 0.15) is 23.4 Å². The number of carbonyl (C=O) groups excluding carboxylic acids is 1. The summed E-state index contributed by atoms with van der Waals surface area (Å²) >= 11 is 0. The SMILES string of the molecule is CC[C@@]1(O)CC[C@H]2[C@H](CCC3[C@@H]2CC[C@]2(C)[C@@H](C(=O)Cn4nc5ccc(F)cc5n4)CC[C@@H]32)C1. The van der Waals surface area contributed by atoms with Gasteiger partial charge in [-0.2, -0.15) is 15.0 Å². The number of Topliss-reactive ketones (excluding diaryl/α,β-unsaturated/α-hetero) is 1.